The van der Waals surface area contributed by atoms with E-state index in [1.54, 1.807) is 36.4 Å². The van der Waals surface area contributed by atoms with Crippen LogP contribution in [0.15, 0.2) is 53.7 Å². The highest BCUT2D eigenvalue weighted by Crippen LogP contribution is 2.15. The number of carbonyl (C=O) groups is 1. The molecule has 19 heavy (non-hydrogen) atoms. The summed E-state index contributed by atoms with van der Waals surface area (Å²) in [6.45, 7) is 0. The van der Waals surface area contributed by atoms with Gasteiger partial charge in [0.2, 0.25) is 0 Å². The van der Waals surface area contributed by atoms with E-state index in [0.717, 1.165) is 6.29 Å². The van der Waals surface area contributed by atoms with Gasteiger partial charge < -0.3 is 4.84 Å². The van der Waals surface area contributed by atoms with Crippen molar-refractivity contribution in [3.05, 3.63) is 71.0 Å². The minimum atomic E-state index is -0.329. The van der Waals surface area contributed by atoms with E-state index >= 15 is 0 Å². The van der Waals surface area contributed by atoms with Gasteiger partial charge in [-0.05, 0) is 24.3 Å². The fourth-order valence-corrected chi connectivity index (χ4v) is 1.77. The van der Waals surface area contributed by atoms with Crippen molar-refractivity contribution < 1.29 is 14.0 Å². The zero-order chi connectivity index (χ0) is 13.7. The van der Waals surface area contributed by atoms with Crippen molar-refractivity contribution in [1.29, 1.82) is 0 Å². The average Bonchev–Trinajstić information content (AvgIpc) is 2.46. The lowest BCUT2D eigenvalue weighted by Crippen LogP contribution is -2.07. The minimum absolute atomic E-state index is 0.329. The molecule has 4 heteroatoms. The van der Waals surface area contributed by atoms with Gasteiger partial charge in [-0.1, -0.05) is 29.4 Å². The summed E-state index contributed by atoms with van der Waals surface area (Å²) in [5.74, 6) is -0.329. The minimum Gasteiger partial charge on any atom is -0.399 e. The molecular formula is C15H12FNO2. The van der Waals surface area contributed by atoms with E-state index in [2.05, 4.69) is 5.16 Å². The van der Waals surface area contributed by atoms with Gasteiger partial charge in [0, 0.05) is 16.7 Å². The Morgan fingerprint density at radius 1 is 1.16 bits per heavy atom. The molecule has 96 valence electrons. The topological polar surface area (TPSA) is 38.7 Å². The summed E-state index contributed by atoms with van der Waals surface area (Å²) in [5.41, 5.74) is 2.32. The first kappa shape index (κ1) is 13.0. The van der Waals surface area contributed by atoms with Crippen LogP contribution in [-0.2, 0) is 4.84 Å². The second-order valence-electron chi connectivity index (χ2n) is 3.83. The van der Waals surface area contributed by atoms with Gasteiger partial charge in [0.15, 0.2) is 6.29 Å². The Morgan fingerprint density at radius 2 is 1.84 bits per heavy atom. The molecule has 3 nitrogen and oxygen atoms in total. The number of hydrogen-bond acceptors (Lipinski definition) is 3. The normalized spacial score (nSPS) is 11.2. The highest BCUT2D eigenvalue weighted by atomic mass is 19.1. The molecule has 0 fully saturated rings. The van der Waals surface area contributed by atoms with Crippen LogP contribution in [0.25, 0.3) is 0 Å². The lowest BCUT2D eigenvalue weighted by molar-refractivity contribution is 0.112. The molecule has 0 spiro atoms. The summed E-state index contributed by atoms with van der Waals surface area (Å²) in [7, 11) is 1.42. The maximum Gasteiger partial charge on any atom is 0.150 e. The Kier molecular flexibility index (Phi) is 4.03. The van der Waals surface area contributed by atoms with Gasteiger partial charge in [0.05, 0.1) is 0 Å². The van der Waals surface area contributed by atoms with Crippen molar-refractivity contribution >= 4 is 12.0 Å². The molecule has 2 aromatic rings. The van der Waals surface area contributed by atoms with Crippen LogP contribution in [0.4, 0.5) is 4.39 Å². The number of nitrogens with zero attached hydrogens (tertiary/aromatic N) is 1. The number of rotatable bonds is 4. The van der Waals surface area contributed by atoms with Crippen molar-refractivity contribution in [3.8, 4) is 0 Å². The van der Waals surface area contributed by atoms with Gasteiger partial charge in [-0.25, -0.2) is 4.39 Å². The smallest absolute Gasteiger partial charge is 0.150 e. The van der Waals surface area contributed by atoms with Gasteiger partial charge in [0.25, 0.3) is 0 Å². The molecule has 0 aliphatic rings. The third kappa shape index (κ3) is 2.85. The molecule has 0 aliphatic carbocycles. The molecule has 0 saturated heterocycles. The zero-order valence-electron chi connectivity index (χ0n) is 10.3. The third-order valence-corrected chi connectivity index (χ3v) is 2.64. The summed E-state index contributed by atoms with van der Waals surface area (Å²) in [4.78, 5) is 15.9. The van der Waals surface area contributed by atoms with Crippen LogP contribution in [0.1, 0.15) is 21.5 Å². The van der Waals surface area contributed by atoms with Crippen molar-refractivity contribution in [2.75, 3.05) is 7.11 Å². The Hall–Kier alpha value is -2.49. The molecular weight excluding hydrogens is 245 g/mol. The monoisotopic (exact) mass is 257 g/mol. The number of carbonyl (C=O) groups excluding carboxylic acids is 1. The SMILES string of the molecule is CON=C(c1ccc(F)cc1)c1ccccc1C=O. The fourth-order valence-electron chi connectivity index (χ4n) is 1.77. The molecule has 2 aromatic carbocycles. The summed E-state index contributed by atoms with van der Waals surface area (Å²) in [6, 6.07) is 12.9. The maximum absolute atomic E-state index is 13.0. The molecule has 0 N–H and O–H groups in total. The molecule has 0 unspecified atom stereocenters. The predicted molar refractivity (Wildman–Crippen MR) is 70.9 cm³/mol. The maximum atomic E-state index is 13.0. The van der Waals surface area contributed by atoms with Gasteiger partial charge in [0.1, 0.15) is 18.6 Å². The third-order valence-electron chi connectivity index (χ3n) is 2.64. The average molecular weight is 257 g/mol. The van der Waals surface area contributed by atoms with Crippen LogP contribution in [0.3, 0.4) is 0 Å². The highest BCUT2D eigenvalue weighted by Gasteiger charge is 2.12. The number of hydrogen-bond donors (Lipinski definition) is 0. The Bertz CT molecular complexity index is 606. The van der Waals surface area contributed by atoms with Crippen LogP contribution >= 0.6 is 0 Å². The Morgan fingerprint density at radius 3 is 2.47 bits per heavy atom. The predicted octanol–water partition coefficient (Wildman–Crippen LogP) is 3.04. The fraction of sp³-hybridized carbons (Fsp3) is 0.0667. The second-order valence-corrected chi connectivity index (χ2v) is 3.83. The van der Waals surface area contributed by atoms with E-state index in [-0.39, 0.29) is 5.82 Å². The van der Waals surface area contributed by atoms with Gasteiger partial charge in [-0.2, -0.15) is 0 Å². The van der Waals surface area contributed by atoms with E-state index in [9.17, 15) is 9.18 Å². The Labute approximate surface area is 110 Å². The van der Waals surface area contributed by atoms with Crippen molar-refractivity contribution in [2.45, 2.75) is 0 Å². The Balaban J connectivity index is 2.55. The first-order valence-electron chi connectivity index (χ1n) is 5.68. The quantitative estimate of drug-likeness (QED) is 0.479. The summed E-state index contributed by atoms with van der Waals surface area (Å²) in [6.07, 6.45) is 0.754. The van der Waals surface area contributed by atoms with Crippen LogP contribution in [0.2, 0.25) is 0 Å². The molecule has 0 amide bonds. The van der Waals surface area contributed by atoms with Crippen LogP contribution in [-0.4, -0.2) is 19.1 Å². The molecule has 0 aromatic heterocycles. The molecule has 0 bridgehead atoms. The number of aldehydes is 1. The highest BCUT2D eigenvalue weighted by molar-refractivity contribution is 6.15. The number of benzene rings is 2. The van der Waals surface area contributed by atoms with E-state index in [1.165, 1.54) is 19.2 Å². The largest absolute Gasteiger partial charge is 0.399 e. The molecule has 2 rings (SSSR count). The van der Waals surface area contributed by atoms with Crippen LogP contribution in [0.5, 0.6) is 0 Å². The lowest BCUT2D eigenvalue weighted by atomic mass is 9.98. The van der Waals surface area contributed by atoms with E-state index < -0.39 is 0 Å². The van der Waals surface area contributed by atoms with Crippen molar-refractivity contribution in [2.24, 2.45) is 5.16 Å². The summed E-state index contributed by atoms with van der Waals surface area (Å²) < 4.78 is 13.0. The number of halogens is 1. The van der Waals surface area contributed by atoms with E-state index in [0.29, 0.717) is 22.4 Å². The standard InChI is InChI=1S/C15H12FNO2/c1-19-17-15(11-6-8-13(16)9-7-11)14-5-3-2-4-12(14)10-18/h2-10H,1H3. The van der Waals surface area contributed by atoms with Crippen molar-refractivity contribution in [3.63, 3.8) is 0 Å². The molecule has 0 aliphatic heterocycles. The molecule has 0 saturated carbocycles. The first-order chi connectivity index (χ1) is 9.26. The molecule has 0 radical (unpaired) electrons. The molecule has 0 heterocycles. The van der Waals surface area contributed by atoms with Crippen molar-refractivity contribution in [1.82, 2.24) is 0 Å². The van der Waals surface area contributed by atoms with Gasteiger partial charge >= 0.3 is 0 Å². The second kappa shape index (κ2) is 5.91. The van der Waals surface area contributed by atoms with E-state index in [4.69, 9.17) is 4.84 Å². The zero-order valence-corrected chi connectivity index (χ0v) is 10.3. The van der Waals surface area contributed by atoms with E-state index in [1.807, 2.05) is 0 Å². The van der Waals surface area contributed by atoms with Gasteiger partial charge in [-0.15, -0.1) is 0 Å². The van der Waals surface area contributed by atoms with Crippen LogP contribution < -0.4 is 0 Å². The molecule has 0 atom stereocenters. The lowest BCUT2D eigenvalue weighted by Gasteiger charge is -2.08. The summed E-state index contributed by atoms with van der Waals surface area (Å²) >= 11 is 0. The van der Waals surface area contributed by atoms with Crippen LogP contribution in [0, 0.1) is 5.82 Å². The summed E-state index contributed by atoms with van der Waals surface area (Å²) in [5, 5.41) is 3.94. The first-order valence-corrected chi connectivity index (χ1v) is 5.68. The number of oxime groups is 1. The van der Waals surface area contributed by atoms with Gasteiger partial charge in [-0.3, -0.25) is 4.79 Å².